The first-order valence-corrected chi connectivity index (χ1v) is 9.64. The number of carbonyl (C=O) groups excluding carboxylic acids is 1. The zero-order valence-corrected chi connectivity index (χ0v) is 16.6. The number of pyridine rings is 2. The third kappa shape index (κ3) is 3.53. The van der Waals surface area contributed by atoms with Crippen LogP contribution in [0.15, 0.2) is 79.5 Å². The normalized spacial score (nSPS) is 10.9. The molecule has 31 heavy (non-hydrogen) atoms. The predicted octanol–water partition coefficient (Wildman–Crippen LogP) is 4.70. The maximum absolute atomic E-state index is 11.8. The van der Waals surface area contributed by atoms with Crippen molar-refractivity contribution in [3.8, 4) is 34.1 Å². The van der Waals surface area contributed by atoms with Crippen LogP contribution >= 0.6 is 0 Å². The molecule has 150 valence electrons. The second kappa shape index (κ2) is 7.79. The Balaban J connectivity index is 1.59. The molecule has 7 nitrogen and oxygen atoms in total. The number of benzene rings is 1. The van der Waals surface area contributed by atoms with Crippen LogP contribution in [0, 0.1) is 0 Å². The highest BCUT2D eigenvalue weighted by Crippen LogP contribution is 2.32. The van der Waals surface area contributed by atoms with E-state index in [1.165, 1.54) is 0 Å². The van der Waals surface area contributed by atoms with E-state index < -0.39 is 0 Å². The maximum Gasteiger partial charge on any atom is 0.247 e. The average molecular weight is 407 g/mol. The number of rotatable bonds is 5. The van der Waals surface area contributed by atoms with Crippen molar-refractivity contribution < 1.29 is 9.53 Å². The summed E-state index contributed by atoms with van der Waals surface area (Å²) in [7, 11) is 1.91. The molecule has 0 spiro atoms. The Labute approximate surface area is 178 Å². The number of nitrogens with zero attached hydrogens (tertiary/aromatic N) is 5. The number of hydrogen-bond donors (Lipinski definition) is 0. The van der Waals surface area contributed by atoms with E-state index in [2.05, 4.69) is 19.9 Å². The molecule has 4 heterocycles. The van der Waals surface area contributed by atoms with Gasteiger partial charge in [0.15, 0.2) is 12.1 Å². The molecule has 1 aromatic carbocycles. The summed E-state index contributed by atoms with van der Waals surface area (Å²) >= 11 is 0. The summed E-state index contributed by atoms with van der Waals surface area (Å²) in [4.78, 5) is 29.2. The molecule has 0 atom stereocenters. The lowest BCUT2D eigenvalue weighted by molar-refractivity contribution is 0.112. The lowest BCUT2D eigenvalue weighted by Crippen LogP contribution is -1.99. The van der Waals surface area contributed by atoms with Gasteiger partial charge in [0.25, 0.3) is 0 Å². The molecule has 4 aromatic heterocycles. The van der Waals surface area contributed by atoms with E-state index in [1.807, 2.05) is 60.3 Å². The molecule has 0 unspecified atom stereocenters. The molecular formula is C24H17N5O2. The van der Waals surface area contributed by atoms with Crippen molar-refractivity contribution >= 4 is 17.3 Å². The van der Waals surface area contributed by atoms with Crippen LogP contribution in [0.4, 0.5) is 0 Å². The van der Waals surface area contributed by atoms with Crippen molar-refractivity contribution in [3.05, 3.63) is 85.1 Å². The quantitative estimate of drug-likeness (QED) is 0.393. The minimum atomic E-state index is 0.415. The zero-order chi connectivity index (χ0) is 21.2. The fourth-order valence-corrected chi connectivity index (χ4v) is 3.46. The topological polar surface area (TPSA) is 82.8 Å². The molecule has 0 saturated heterocycles. The van der Waals surface area contributed by atoms with E-state index >= 15 is 0 Å². The van der Waals surface area contributed by atoms with Crippen molar-refractivity contribution in [3.63, 3.8) is 0 Å². The van der Waals surface area contributed by atoms with Crippen LogP contribution in [0.25, 0.3) is 33.5 Å². The molecule has 0 N–H and O–H groups in total. The van der Waals surface area contributed by atoms with E-state index in [0.29, 0.717) is 23.0 Å². The number of fused-ring (bicyclic) bond motifs is 1. The highest BCUT2D eigenvalue weighted by molar-refractivity contribution is 5.88. The Morgan fingerprint density at radius 1 is 0.871 bits per heavy atom. The summed E-state index contributed by atoms with van der Waals surface area (Å²) in [5, 5.41) is 0. The molecule has 0 radical (unpaired) electrons. The summed E-state index contributed by atoms with van der Waals surface area (Å²) in [5.74, 6) is 1.47. The molecule has 5 rings (SSSR count). The van der Waals surface area contributed by atoms with Gasteiger partial charge in [-0.05, 0) is 59.7 Å². The van der Waals surface area contributed by atoms with Gasteiger partial charge in [0.1, 0.15) is 11.3 Å². The highest BCUT2D eigenvalue weighted by Gasteiger charge is 2.15. The number of ether oxygens (including phenoxy) is 1. The second-order valence-corrected chi connectivity index (χ2v) is 6.95. The van der Waals surface area contributed by atoms with Crippen molar-refractivity contribution in [2.45, 2.75) is 0 Å². The third-order valence-electron chi connectivity index (χ3n) is 4.98. The molecule has 0 aliphatic rings. The molecule has 0 fully saturated rings. The van der Waals surface area contributed by atoms with Gasteiger partial charge in [-0.2, -0.15) is 4.98 Å². The van der Waals surface area contributed by atoms with Gasteiger partial charge >= 0.3 is 0 Å². The van der Waals surface area contributed by atoms with Crippen LogP contribution in [0.5, 0.6) is 11.6 Å². The molecular weight excluding hydrogens is 390 g/mol. The molecule has 0 aliphatic heterocycles. The van der Waals surface area contributed by atoms with E-state index in [1.54, 1.807) is 30.9 Å². The number of carbonyl (C=O) groups is 1. The average Bonchev–Trinajstić information content (AvgIpc) is 3.21. The minimum Gasteiger partial charge on any atom is -0.437 e. The maximum atomic E-state index is 11.8. The standard InChI is InChI=1S/C24H17N5O2/c1-29-13-8-21-22(29)24(28-23(27-21)17-6-11-26-12-7-17)31-19-2-3-20(18(14-19)15-30)16-4-9-25-10-5-16/h2-15H,1H3. The number of aromatic nitrogens is 5. The predicted molar refractivity (Wildman–Crippen MR) is 117 cm³/mol. The Kier molecular flexibility index (Phi) is 4.68. The van der Waals surface area contributed by atoms with E-state index in [-0.39, 0.29) is 0 Å². The third-order valence-corrected chi connectivity index (χ3v) is 4.98. The van der Waals surface area contributed by atoms with Gasteiger partial charge in [0, 0.05) is 49.2 Å². The fourth-order valence-electron chi connectivity index (χ4n) is 3.46. The first-order chi connectivity index (χ1) is 15.2. The number of hydrogen-bond acceptors (Lipinski definition) is 6. The first kappa shape index (κ1) is 18.6. The summed E-state index contributed by atoms with van der Waals surface area (Å²) in [6.07, 6.45) is 9.52. The number of aryl methyl sites for hydroxylation is 1. The molecule has 7 heteroatoms. The van der Waals surface area contributed by atoms with Crippen LogP contribution < -0.4 is 4.74 Å². The first-order valence-electron chi connectivity index (χ1n) is 9.64. The van der Waals surface area contributed by atoms with Gasteiger partial charge in [-0.15, -0.1) is 0 Å². The molecule has 0 bridgehead atoms. The van der Waals surface area contributed by atoms with Crippen molar-refractivity contribution in [2.75, 3.05) is 0 Å². The van der Waals surface area contributed by atoms with Gasteiger partial charge in [0.05, 0.1) is 5.52 Å². The minimum absolute atomic E-state index is 0.415. The van der Waals surface area contributed by atoms with Gasteiger partial charge in [0.2, 0.25) is 5.88 Å². The van der Waals surface area contributed by atoms with Crippen LogP contribution in [0.1, 0.15) is 10.4 Å². The SMILES string of the molecule is Cn1ccc2nc(-c3ccncc3)nc(Oc3ccc(-c4ccncc4)c(C=O)c3)c21. The Morgan fingerprint density at radius 3 is 2.29 bits per heavy atom. The Morgan fingerprint density at radius 2 is 1.58 bits per heavy atom. The van der Waals surface area contributed by atoms with E-state index in [9.17, 15) is 4.79 Å². The van der Waals surface area contributed by atoms with Crippen LogP contribution in [-0.4, -0.2) is 30.8 Å². The lowest BCUT2D eigenvalue weighted by atomic mass is 10.0. The van der Waals surface area contributed by atoms with Crippen molar-refractivity contribution in [1.82, 2.24) is 24.5 Å². The van der Waals surface area contributed by atoms with Gasteiger partial charge in [-0.3, -0.25) is 14.8 Å². The largest absolute Gasteiger partial charge is 0.437 e. The lowest BCUT2D eigenvalue weighted by Gasteiger charge is -2.12. The van der Waals surface area contributed by atoms with Crippen molar-refractivity contribution in [2.24, 2.45) is 7.05 Å². The molecule has 0 aliphatic carbocycles. The highest BCUT2D eigenvalue weighted by atomic mass is 16.5. The molecule has 0 saturated carbocycles. The Hall–Kier alpha value is -4.39. The zero-order valence-electron chi connectivity index (χ0n) is 16.6. The van der Waals surface area contributed by atoms with Gasteiger partial charge in [-0.25, -0.2) is 4.98 Å². The Bertz CT molecular complexity index is 1380. The fraction of sp³-hybridized carbons (Fsp3) is 0.0417. The van der Waals surface area contributed by atoms with Gasteiger partial charge in [-0.1, -0.05) is 0 Å². The molecule has 5 aromatic rings. The van der Waals surface area contributed by atoms with Crippen LogP contribution in [0.2, 0.25) is 0 Å². The second-order valence-electron chi connectivity index (χ2n) is 6.95. The smallest absolute Gasteiger partial charge is 0.247 e. The summed E-state index contributed by atoms with van der Waals surface area (Å²) in [6.45, 7) is 0. The van der Waals surface area contributed by atoms with Crippen LogP contribution in [-0.2, 0) is 7.05 Å². The molecule has 0 amide bonds. The summed E-state index contributed by atoms with van der Waals surface area (Å²) in [6, 6.07) is 14.7. The summed E-state index contributed by atoms with van der Waals surface area (Å²) < 4.78 is 8.08. The monoisotopic (exact) mass is 407 g/mol. The van der Waals surface area contributed by atoms with Gasteiger partial charge < -0.3 is 9.30 Å². The van der Waals surface area contributed by atoms with Crippen LogP contribution in [0.3, 0.4) is 0 Å². The number of aldehydes is 1. The van der Waals surface area contributed by atoms with E-state index in [4.69, 9.17) is 4.74 Å². The summed E-state index contributed by atoms with van der Waals surface area (Å²) in [5.41, 5.74) is 4.62. The van der Waals surface area contributed by atoms with Crippen molar-refractivity contribution in [1.29, 1.82) is 0 Å². The van der Waals surface area contributed by atoms with E-state index in [0.717, 1.165) is 34.0 Å².